The van der Waals surface area contributed by atoms with Gasteiger partial charge in [-0.3, -0.25) is 0 Å². The Labute approximate surface area is 108 Å². The summed E-state index contributed by atoms with van der Waals surface area (Å²) in [5, 5.41) is 0. The summed E-state index contributed by atoms with van der Waals surface area (Å²) in [5.74, 6) is 0. The number of aryl methyl sites for hydroxylation is 1. The molecule has 0 saturated heterocycles. The van der Waals surface area contributed by atoms with Crippen molar-refractivity contribution in [3.05, 3.63) is 52.5 Å². The van der Waals surface area contributed by atoms with E-state index in [9.17, 15) is 0 Å². The van der Waals surface area contributed by atoms with Crippen LogP contribution in [-0.2, 0) is 0 Å². The largest absolute Gasteiger partial charge is 0.399 e. The van der Waals surface area contributed by atoms with Crippen LogP contribution in [0.2, 0.25) is 0 Å². The Kier molecular flexibility index (Phi) is 3.56. The van der Waals surface area contributed by atoms with E-state index in [4.69, 9.17) is 5.73 Å². The van der Waals surface area contributed by atoms with Gasteiger partial charge in [-0.2, -0.15) is 0 Å². The monoisotopic (exact) mass is 293 g/mol. The molecule has 0 amide bonds. The molecular formula is C13H12BrNS. The first-order valence-electron chi connectivity index (χ1n) is 4.94. The molecule has 2 N–H and O–H groups in total. The lowest BCUT2D eigenvalue weighted by molar-refractivity contribution is 1.34. The number of nitrogen functional groups attached to an aromatic ring is 1. The zero-order valence-corrected chi connectivity index (χ0v) is 11.3. The van der Waals surface area contributed by atoms with Gasteiger partial charge < -0.3 is 5.73 Å². The summed E-state index contributed by atoms with van der Waals surface area (Å²) >= 11 is 5.19. The van der Waals surface area contributed by atoms with Crippen molar-refractivity contribution in [3.8, 4) is 0 Å². The topological polar surface area (TPSA) is 26.0 Å². The van der Waals surface area contributed by atoms with Gasteiger partial charge in [0.2, 0.25) is 0 Å². The molecule has 16 heavy (non-hydrogen) atoms. The second-order valence-electron chi connectivity index (χ2n) is 3.64. The number of halogens is 1. The average molecular weight is 294 g/mol. The lowest BCUT2D eigenvalue weighted by Crippen LogP contribution is -1.86. The fourth-order valence-corrected chi connectivity index (χ4v) is 3.10. The quantitative estimate of drug-likeness (QED) is 0.826. The van der Waals surface area contributed by atoms with Crippen LogP contribution in [0.15, 0.2) is 56.7 Å². The number of hydrogen-bond donors (Lipinski definition) is 1. The molecule has 0 heterocycles. The molecule has 0 spiro atoms. The predicted octanol–water partition coefficient (Wildman–Crippen LogP) is 4.49. The molecule has 0 aromatic heterocycles. The van der Waals surface area contributed by atoms with E-state index in [0.29, 0.717) is 0 Å². The van der Waals surface area contributed by atoms with Crippen LogP contribution in [0.1, 0.15) is 5.56 Å². The maximum atomic E-state index is 5.82. The average Bonchev–Trinajstić information content (AvgIpc) is 2.15. The molecular weight excluding hydrogens is 282 g/mol. The zero-order chi connectivity index (χ0) is 11.5. The van der Waals surface area contributed by atoms with Crippen molar-refractivity contribution >= 4 is 33.4 Å². The summed E-state index contributed by atoms with van der Waals surface area (Å²) < 4.78 is 1.10. The third-order valence-electron chi connectivity index (χ3n) is 2.10. The highest BCUT2D eigenvalue weighted by Crippen LogP contribution is 2.31. The first-order valence-corrected chi connectivity index (χ1v) is 6.55. The maximum Gasteiger partial charge on any atom is 0.0328 e. The first kappa shape index (κ1) is 11.6. The third-order valence-corrected chi connectivity index (χ3v) is 3.56. The zero-order valence-electron chi connectivity index (χ0n) is 8.91. The maximum absolute atomic E-state index is 5.82. The summed E-state index contributed by atoms with van der Waals surface area (Å²) in [4.78, 5) is 2.38. The van der Waals surface area contributed by atoms with Gasteiger partial charge >= 0.3 is 0 Å². The van der Waals surface area contributed by atoms with Gasteiger partial charge in [-0.25, -0.2) is 0 Å². The standard InChI is InChI=1S/C13H12BrNS/c1-9-5-11(15)8-13(6-9)16-12-4-2-3-10(14)7-12/h2-8H,15H2,1H3. The second kappa shape index (κ2) is 4.93. The molecule has 82 valence electrons. The fraction of sp³-hybridized carbons (Fsp3) is 0.0769. The number of rotatable bonds is 2. The Morgan fingerprint density at radius 1 is 1.06 bits per heavy atom. The van der Waals surface area contributed by atoms with E-state index in [-0.39, 0.29) is 0 Å². The molecule has 1 nitrogen and oxygen atoms in total. The van der Waals surface area contributed by atoms with Gasteiger partial charge in [-0.1, -0.05) is 33.8 Å². The van der Waals surface area contributed by atoms with Crippen molar-refractivity contribution in [2.45, 2.75) is 16.7 Å². The van der Waals surface area contributed by atoms with Crippen LogP contribution in [-0.4, -0.2) is 0 Å². The molecule has 3 heteroatoms. The van der Waals surface area contributed by atoms with Crippen LogP contribution in [0.4, 0.5) is 5.69 Å². The molecule has 0 unspecified atom stereocenters. The van der Waals surface area contributed by atoms with E-state index in [1.54, 1.807) is 11.8 Å². The van der Waals surface area contributed by atoms with E-state index >= 15 is 0 Å². The van der Waals surface area contributed by atoms with E-state index in [1.807, 2.05) is 24.3 Å². The van der Waals surface area contributed by atoms with Crippen molar-refractivity contribution in [3.63, 3.8) is 0 Å². The molecule has 0 fully saturated rings. The van der Waals surface area contributed by atoms with E-state index in [0.717, 1.165) is 10.2 Å². The van der Waals surface area contributed by atoms with Crippen molar-refractivity contribution in [1.82, 2.24) is 0 Å². The van der Waals surface area contributed by atoms with Crippen LogP contribution in [0, 0.1) is 6.92 Å². The Bertz CT molecular complexity index is 491. The third kappa shape index (κ3) is 3.03. The lowest BCUT2D eigenvalue weighted by atomic mass is 10.2. The number of benzene rings is 2. The number of nitrogens with two attached hydrogens (primary N) is 1. The Hall–Kier alpha value is -0.930. The van der Waals surface area contributed by atoms with Gasteiger partial charge in [-0.05, 0) is 48.9 Å². The molecule has 2 rings (SSSR count). The normalized spacial score (nSPS) is 10.4. The van der Waals surface area contributed by atoms with E-state index in [2.05, 4.69) is 41.1 Å². The van der Waals surface area contributed by atoms with Gasteiger partial charge in [0.1, 0.15) is 0 Å². The molecule has 0 radical (unpaired) electrons. The van der Waals surface area contributed by atoms with Crippen LogP contribution < -0.4 is 5.73 Å². The summed E-state index contributed by atoms with van der Waals surface area (Å²) in [6.45, 7) is 2.06. The first-order chi connectivity index (χ1) is 7.63. The highest BCUT2D eigenvalue weighted by molar-refractivity contribution is 9.10. The minimum Gasteiger partial charge on any atom is -0.399 e. The van der Waals surface area contributed by atoms with Crippen molar-refractivity contribution in [1.29, 1.82) is 0 Å². The molecule has 0 aliphatic heterocycles. The summed E-state index contributed by atoms with van der Waals surface area (Å²) in [7, 11) is 0. The van der Waals surface area contributed by atoms with Gasteiger partial charge in [0.05, 0.1) is 0 Å². The highest BCUT2D eigenvalue weighted by Gasteiger charge is 2.00. The number of hydrogen-bond acceptors (Lipinski definition) is 2. The van der Waals surface area contributed by atoms with Crippen LogP contribution >= 0.6 is 27.7 Å². The van der Waals surface area contributed by atoms with Crippen molar-refractivity contribution in [2.24, 2.45) is 0 Å². The summed E-state index contributed by atoms with van der Waals surface area (Å²) in [5.41, 5.74) is 7.83. The summed E-state index contributed by atoms with van der Waals surface area (Å²) in [6, 6.07) is 14.4. The highest BCUT2D eigenvalue weighted by atomic mass is 79.9. The number of anilines is 1. The fourth-order valence-electron chi connectivity index (χ4n) is 1.50. The second-order valence-corrected chi connectivity index (χ2v) is 5.70. The molecule has 0 aliphatic carbocycles. The Balaban J connectivity index is 2.27. The minimum atomic E-state index is 0.817. The van der Waals surface area contributed by atoms with Crippen LogP contribution in [0.25, 0.3) is 0 Å². The summed E-state index contributed by atoms with van der Waals surface area (Å²) in [6.07, 6.45) is 0. The molecule has 0 saturated carbocycles. The SMILES string of the molecule is Cc1cc(N)cc(Sc2cccc(Br)c2)c1. The predicted molar refractivity (Wildman–Crippen MR) is 73.9 cm³/mol. The van der Waals surface area contributed by atoms with Crippen LogP contribution in [0.5, 0.6) is 0 Å². The van der Waals surface area contributed by atoms with E-state index in [1.165, 1.54) is 15.4 Å². The van der Waals surface area contributed by atoms with Gasteiger partial charge in [-0.15, -0.1) is 0 Å². The van der Waals surface area contributed by atoms with Gasteiger partial charge in [0.25, 0.3) is 0 Å². The minimum absolute atomic E-state index is 0.817. The lowest BCUT2D eigenvalue weighted by Gasteiger charge is -2.05. The molecule has 0 atom stereocenters. The van der Waals surface area contributed by atoms with Crippen molar-refractivity contribution in [2.75, 3.05) is 5.73 Å². The van der Waals surface area contributed by atoms with Crippen LogP contribution in [0.3, 0.4) is 0 Å². The molecule has 2 aromatic rings. The Morgan fingerprint density at radius 2 is 1.88 bits per heavy atom. The van der Waals surface area contributed by atoms with Crippen molar-refractivity contribution < 1.29 is 0 Å². The Morgan fingerprint density at radius 3 is 2.56 bits per heavy atom. The smallest absolute Gasteiger partial charge is 0.0328 e. The molecule has 0 bridgehead atoms. The molecule has 0 aliphatic rings. The van der Waals surface area contributed by atoms with Gasteiger partial charge in [0.15, 0.2) is 0 Å². The van der Waals surface area contributed by atoms with E-state index < -0.39 is 0 Å². The van der Waals surface area contributed by atoms with Gasteiger partial charge in [0, 0.05) is 20.0 Å². The molecule has 2 aromatic carbocycles.